The lowest BCUT2D eigenvalue weighted by Gasteiger charge is -2.27. The van der Waals surface area contributed by atoms with E-state index in [1.807, 2.05) is 11.2 Å². The van der Waals surface area contributed by atoms with E-state index in [1.54, 1.807) is 6.34 Å². The zero-order chi connectivity index (χ0) is 27.3. The van der Waals surface area contributed by atoms with Gasteiger partial charge in [-0.3, -0.25) is 4.99 Å². The summed E-state index contributed by atoms with van der Waals surface area (Å²) >= 11 is 0. The van der Waals surface area contributed by atoms with Crippen molar-refractivity contribution >= 4 is 34.9 Å². The lowest BCUT2D eigenvalue weighted by Crippen LogP contribution is -2.46. The van der Waals surface area contributed by atoms with Crippen molar-refractivity contribution in [2.75, 3.05) is 19.5 Å². The number of allylic oxidation sites excluding steroid dienone is 3. The summed E-state index contributed by atoms with van der Waals surface area (Å²) in [6.45, 7) is 7.63. The number of aliphatic imine (C=N–C) groups is 3. The maximum absolute atomic E-state index is 11.1. The Morgan fingerprint density at radius 2 is 1.66 bits per heavy atom. The van der Waals surface area contributed by atoms with Gasteiger partial charge in [0.2, 0.25) is 6.35 Å². The van der Waals surface area contributed by atoms with E-state index < -0.39 is 7.49 Å². The molecule has 4 unspecified atom stereocenters. The van der Waals surface area contributed by atoms with Crippen molar-refractivity contribution in [2.45, 2.75) is 122 Å². The molecule has 0 saturated heterocycles. The molecule has 4 atom stereocenters. The number of hydrogen-bond donors (Lipinski definition) is 1. The molecule has 1 N–H and O–H groups in total. The number of amidine groups is 1. The summed E-state index contributed by atoms with van der Waals surface area (Å²) in [5.41, 5.74) is 0.992. The number of nitrogens with one attached hydrogen (secondary N) is 1. The molecule has 2 rings (SSSR count). The van der Waals surface area contributed by atoms with Crippen LogP contribution in [0.15, 0.2) is 39.4 Å². The van der Waals surface area contributed by atoms with Gasteiger partial charge >= 0.3 is 7.49 Å². The van der Waals surface area contributed by atoms with Gasteiger partial charge in [0, 0.05) is 12.2 Å². The van der Waals surface area contributed by atoms with E-state index >= 15 is 0 Å². The van der Waals surface area contributed by atoms with Crippen molar-refractivity contribution in [3.63, 3.8) is 0 Å². The number of unbranched alkanes of at least 4 members (excludes halogenated alkanes) is 13. The number of fused-ring (bicyclic) bond motifs is 1. The van der Waals surface area contributed by atoms with Crippen molar-refractivity contribution in [2.24, 2.45) is 15.0 Å². The topological polar surface area (TPSA) is 78.7 Å². The summed E-state index contributed by atoms with van der Waals surface area (Å²) in [7, 11) is 0.918. The van der Waals surface area contributed by atoms with Gasteiger partial charge in [-0.25, -0.2) is 9.98 Å². The highest BCUT2D eigenvalue weighted by Gasteiger charge is 2.35. The summed E-state index contributed by atoms with van der Waals surface area (Å²) in [6, 6.07) is -0.138. The molecule has 2 aliphatic heterocycles. The maximum atomic E-state index is 11.1. The quantitative estimate of drug-likeness (QED) is 0.0775. The third-order valence-corrected chi connectivity index (χ3v) is 7.84. The first-order valence-corrected chi connectivity index (χ1v) is 17.9. The highest BCUT2D eigenvalue weighted by atomic mass is 32.0. The molecule has 0 aromatic carbocycles. The molecule has 38 heavy (non-hydrogen) atoms. The van der Waals surface area contributed by atoms with Crippen LogP contribution in [0.3, 0.4) is 0 Å². The summed E-state index contributed by atoms with van der Waals surface area (Å²) in [4.78, 5) is 15.6. The molecular weight excluding hydrogens is 512 g/mol. The molecule has 0 radical (unpaired) electrons. The lowest BCUT2D eigenvalue weighted by molar-refractivity contribution is 0.152. The minimum atomic E-state index is -1.35. The molecule has 0 amide bonds. The fourth-order valence-electron chi connectivity index (χ4n) is 4.73. The molecular formula is C29H52N5O2P2+. The van der Waals surface area contributed by atoms with Crippen molar-refractivity contribution in [1.82, 2.24) is 10.2 Å². The average molecular weight is 565 g/mol. The highest BCUT2D eigenvalue weighted by Crippen LogP contribution is 2.29. The molecule has 0 aliphatic carbocycles. The molecule has 0 aromatic rings. The van der Waals surface area contributed by atoms with Gasteiger partial charge in [0.15, 0.2) is 6.17 Å². The molecule has 0 bridgehead atoms. The number of rotatable bonds is 23. The van der Waals surface area contributed by atoms with Gasteiger partial charge in [-0.2, -0.15) is 0 Å². The van der Waals surface area contributed by atoms with E-state index in [2.05, 4.69) is 54.9 Å². The normalized spacial score (nSPS) is 18.7. The fourth-order valence-corrected chi connectivity index (χ4v) is 5.36. The van der Waals surface area contributed by atoms with Gasteiger partial charge in [0.05, 0.1) is 12.9 Å². The minimum Gasteiger partial charge on any atom is -0.346 e. The second-order valence-electron chi connectivity index (χ2n) is 10.4. The number of nitrogens with zero attached hydrogens (tertiary/aromatic N) is 4. The summed E-state index contributed by atoms with van der Waals surface area (Å²) < 4.78 is 16.6. The SMILES string of the molecule is C=C(CCCCCCCCC/C=C\CCCCCCCC)NC1=NC=NC2C1N=CN2CCOC[P+](=O)P. The largest absolute Gasteiger partial charge is 0.377 e. The van der Waals surface area contributed by atoms with Crippen LogP contribution >= 0.6 is 16.4 Å². The van der Waals surface area contributed by atoms with Gasteiger partial charge in [-0.15, -0.1) is 0 Å². The van der Waals surface area contributed by atoms with Crippen molar-refractivity contribution in [3.8, 4) is 0 Å². The maximum Gasteiger partial charge on any atom is 0.377 e. The first kappa shape index (κ1) is 32.8. The third kappa shape index (κ3) is 14.7. The predicted octanol–water partition coefficient (Wildman–Crippen LogP) is 7.98. The zero-order valence-corrected chi connectivity index (χ0v) is 25.8. The highest BCUT2D eigenvalue weighted by molar-refractivity contribution is 8.06. The molecule has 214 valence electrons. The Hall–Kier alpha value is -1.42. The van der Waals surface area contributed by atoms with Crippen LogP contribution in [0.5, 0.6) is 0 Å². The van der Waals surface area contributed by atoms with Crippen LogP contribution in [0.2, 0.25) is 0 Å². The van der Waals surface area contributed by atoms with Gasteiger partial charge in [-0.1, -0.05) is 94.4 Å². The van der Waals surface area contributed by atoms with Crippen LogP contribution < -0.4 is 5.32 Å². The van der Waals surface area contributed by atoms with Crippen LogP contribution in [0.1, 0.15) is 110 Å². The van der Waals surface area contributed by atoms with Crippen LogP contribution in [0.25, 0.3) is 0 Å². The van der Waals surface area contributed by atoms with Crippen LogP contribution in [-0.2, 0) is 9.30 Å². The van der Waals surface area contributed by atoms with Gasteiger partial charge in [-0.05, 0) is 38.5 Å². The first-order chi connectivity index (χ1) is 18.6. The standard InChI is InChI=1S/C29H52N5O2P2/c1-3-4-5-6-7-8-9-10-11-12-13-14-15-16-17-18-19-20-26(2)33-28-27-29(31-23-30-28)34(24-32-27)21-22-36-25-38(35)37/h10-11,23-24,27,29H,2-9,12-22,25,37H2,1H3,(H,30,31,33)/q+1/b11-10-. The van der Waals surface area contributed by atoms with E-state index in [0.29, 0.717) is 13.2 Å². The van der Waals surface area contributed by atoms with Crippen LogP contribution in [-0.4, -0.2) is 55.1 Å². The van der Waals surface area contributed by atoms with Crippen LogP contribution in [0.4, 0.5) is 0 Å². The lowest BCUT2D eigenvalue weighted by atomic mass is 10.1. The second-order valence-corrected chi connectivity index (χ2v) is 13.2. The Bertz CT molecular complexity index is 800. The molecule has 2 aliphatic rings. The molecule has 2 heterocycles. The summed E-state index contributed by atoms with van der Waals surface area (Å²) in [5.74, 6) is 0.809. The smallest absolute Gasteiger partial charge is 0.346 e. The number of ether oxygens (including phenoxy) is 1. The molecule has 0 saturated carbocycles. The molecule has 9 heteroatoms. The second kappa shape index (κ2) is 21.4. The van der Waals surface area contributed by atoms with E-state index in [1.165, 1.54) is 89.9 Å². The van der Waals surface area contributed by atoms with E-state index in [0.717, 1.165) is 24.4 Å². The Morgan fingerprint density at radius 1 is 1.03 bits per heavy atom. The monoisotopic (exact) mass is 564 g/mol. The zero-order valence-electron chi connectivity index (χ0n) is 23.7. The van der Waals surface area contributed by atoms with Crippen molar-refractivity contribution < 1.29 is 9.30 Å². The summed E-state index contributed by atoms with van der Waals surface area (Å²) in [5, 5.41) is 3.39. The molecule has 7 nitrogen and oxygen atoms in total. The fraction of sp³-hybridized carbons (Fsp3) is 0.759. The molecule has 0 spiro atoms. The van der Waals surface area contributed by atoms with Gasteiger partial charge in [0.1, 0.15) is 27.1 Å². The Morgan fingerprint density at radius 3 is 2.32 bits per heavy atom. The van der Waals surface area contributed by atoms with Crippen LogP contribution in [0, 0.1) is 0 Å². The Labute approximate surface area is 235 Å². The average Bonchev–Trinajstić information content (AvgIpc) is 3.32. The van der Waals surface area contributed by atoms with E-state index in [-0.39, 0.29) is 18.6 Å². The van der Waals surface area contributed by atoms with Gasteiger partial charge in [0.25, 0.3) is 0 Å². The predicted molar refractivity (Wildman–Crippen MR) is 168 cm³/mol. The van der Waals surface area contributed by atoms with E-state index in [4.69, 9.17) is 4.74 Å². The van der Waals surface area contributed by atoms with Crippen molar-refractivity contribution in [3.05, 3.63) is 24.4 Å². The summed E-state index contributed by atoms with van der Waals surface area (Å²) in [6.07, 6.45) is 29.2. The molecule has 0 aromatic heterocycles. The van der Waals surface area contributed by atoms with Gasteiger partial charge < -0.3 is 15.0 Å². The number of hydrogen-bond acceptors (Lipinski definition) is 7. The minimum absolute atomic E-state index is 0.105. The Kier molecular flexibility index (Phi) is 18.5. The van der Waals surface area contributed by atoms with E-state index in [9.17, 15) is 4.57 Å². The van der Waals surface area contributed by atoms with Crippen molar-refractivity contribution in [1.29, 1.82) is 0 Å². The molecule has 0 fully saturated rings. The first-order valence-electron chi connectivity index (χ1n) is 14.9. The third-order valence-electron chi connectivity index (χ3n) is 6.95. The Balaban J connectivity index is 1.44.